The molecule has 0 spiro atoms. The smallest absolute Gasteiger partial charge is 0.355 e. The number of ether oxygens (including phenoxy) is 1. The fourth-order valence-electron chi connectivity index (χ4n) is 4.42. The number of fused-ring (bicyclic) bond motifs is 1. The number of alkyl halides is 2. The van der Waals surface area contributed by atoms with E-state index in [9.17, 15) is 27.1 Å². The van der Waals surface area contributed by atoms with E-state index in [-0.39, 0.29) is 35.9 Å². The van der Waals surface area contributed by atoms with Gasteiger partial charge < -0.3 is 14.7 Å². The minimum atomic E-state index is -4.11. The number of thiazole rings is 1. The monoisotopic (exact) mass is 597 g/mol. The SMILES string of the molecule is CSc1cc2c(cc1OCc1sc(C)nc1C(=O)O)S(=O)(=O)N(C)[C@H](CCC(C)(F)F)CN2c1ccccc1. The predicted molar refractivity (Wildman–Crippen MR) is 148 cm³/mol. The Morgan fingerprint density at radius 3 is 2.59 bits per heavy atom. The van der Waals surface area contributed by atoms with Gasteiger partial charge in [0.25, 0.3) is 0 Å². The lowest BCUT2D eigenvalue weighted by atomic mass is 10.1. The molecule has 0 aliphatic carbocycles. The van der Waals surface area contributed by atoms with Crippen molar-refractivity contribution in [1.29, 1.82) is 0 Å². The molecular weight excluding hydrogens is 568 g/mol. The Morgan fingerprint density at radius 2 is 1.97 bits per heavy atom. The molecule has 1 aliphatic heterocycles. The molecule has 0 unspecified atom stereocenters. The van der Waals surface area contributed by atoms with E-state index in [1.807, 2.05) is 41.5 Å². The van der Waals surface area contributed by atoms with Crippen molar-refractivity contribution in [3.05, 3.63) is 58.0 Å². The number of halogens is 2. The number of thioether (sulfide) groups is 1. The number of hydrogen-bond acceptors (Lipinski definition) is 8. The number of likely N-dealkylation sites (N-methyl/N-ethyl adjacent to an activating group) is 1. The van der Waals surface area contributed by atoms with Crippen LogP contribution < -0.4 is 9.64 Å². The fourth-order valence-corrected chi connectivity index (χ4v) is 7.37. The number of carboxylic acid groups (broad SMARTS) is 1. The summed E-state index contributed by atoms with van der Waals surface area (Å²) < 4.78 is 62.5. The number of benzene rings is 2. The molecule has 0 saturated heterocycles. The second kappa shape index (κ2) is 11.4. The van der Waals surface area contributed by atoms with Crippen molar-refractivity contribution in [3.63, 3.8) is 0 Å². The molecule has 0 saturated carbocycles. The molecule has 1 atom stereocenters. The summed E-state index contributed by atoms with van der Waals surface area (Å²) in [6.07, 6.45) is 1.34. The lowest BCUT2D eigenvalue weighted by Crippen LogP contribution is -2.41. The Bertz CT molecular complexity index is 1460. The molecule has 8 nitrogen and oxygen atoms in total. The van der Waals surface area contributed by atoms with Crippen LogP contribution in [-0.2, 0) is 16.6 Å². The van der Waals surface area contributed by atoms with Crippen LogP contribution in [0.25, 0.3) is 0 Å². The molecule has 13 heteroatoms. The van der Waals surface area contributed by atoms with Gasteiger partial charge in [0.1, 0.15) is 17.3 Å². The van der Waals surface area contributed by atoms with Gasteiger partial charge in [-0.15, -0.1) is 23.1 Å². The number of carbonyl (C=O) groups is 1. The lowest BCUT2D eigenvalue weighted by Gasteiger charge is -2.30. The zero-order chi connectivity index (χ0) is 28.5. The van der Waals surface area contributed by atoms with Gasteiger partial charge in [-0.3, -0.25) is 0 Å². The van der Waals surface area contributed by atoms with E-state index >= 15 is 0 Å². The lowest BCUT2D eigenvalue weighted by molar-refractivity contribution is 0.00679. The van der Waals surface area contributed by atoms with Crippen LogP contribution in [0.3, 0.4) is 0 Å². The highest BCUT2D eigenvalue weighted by Gasteiger charge is 2.39. The summed E-state index contributed by atoms with van der Waals surface area (Å²) in [7, 11) is -2.70. The number of aromatic carboxylic acids is 1. The van der Waals surface area contributed by atoms with Crippen molar-refractivity contribution in [1.82, 2.24) is 9.29 Å². The first-order valence-corrected chi connectivity index (χ1v) is 15.5. The van der Waals surface area contributed by atoms with Gasteiger partial charge in [0.15, 0.2) is 5.69 Å². The molecule has 3 aromatic rings. The second-order valence-corrected chi connectivity index (χ2v) is 13.4. The van der Waals surface area contributed by atoms with Crippen molar-refractivity contribution in [2.75, 3.05) is 24.7 Å². The Kier molecular flexibility index (Phi) is 8.55. The molecule has 0 radical (unpaired) electrons. The standard InChI is InChI=1S/C26H29F2N3O5S3/c1-16-29-24(25(32)33)22(38-16)15-36-20-13-23-19(12-21(20)37-4)31(17-8-6-5-7-9-17)14-18(10-11-26(2,27)28)30(3)39(23,34)35/h5-9,12-13,18H,10-11,14-15H2,1-4H3,(H,32,33)/t18-/m1/s1. The van der Waals surface area contributed by atoms with E-state index in [1.54, 1.807) is 13.0 Å². The third-order valence-corrected chi connectivity index (χ3v) is 10.1. The Morgan fingerprint density at radius 1 is 1.28 bits per heavy atom. The van der Waals surface area contributed by atoms with Gasteiger partial charge in [-0.05, 0) is 44.7 Å². The molecule has 39 heavy (non-hydrogen) atoms. The summed E-state index contributed by atoms with van der Waals surface area (Å²) in [4.78, 5) is 18.5. The van der Waals surface area contributed by atoms with Crippen molar-refractivity contribution in [2.24, 2.45) is 0 Å². The van der Waals surface area contributed by atoms with E-state index in [2.05, 4.69) is 4.98 Å². The molecular formula is C26H29F2N3O5S3. The van der Waals surface area contributed by atoms with E-state index < -0.39 is 34.4 Å². The fraction of sp³-hybridized carbons (Fsp3) is 0.385. The molecule has 0 amide bonds. The Hall–Kier alpha value is -2.74. The Balaban J connectivity index is 1.81. The third kappa shape index (κ3) is 6.37. The average Bonchev–Trinajstić information content (AvgIpc) is 3.24. The summed E-state index contributed by atoms with van der Waals surface area (Å²) in [6, 6.07) is 11.6. The highest BCUT2D eigenvalue weighted by Crippen LogP contribution is 2.44. The summed E-state index contributed by atoms with van der Waals surface area (Å²) in [5.74, 6) is -3.83. The third-order valence-electron chi connectivity index (χ3n) is 6.45. The molecule has 1 aromatic heterocycles. The maximum atomic E-state index is 13.9. The van der Waals surface area contributed by atoms with Gasteiger partial charge in [-0.25, -0.2) is 27.0 Å². The first-order valence-electron chi connectivity index (χ1n) is 12.0. The van der Waals surface area contributed by atoms with Crippen molar-refractivity contribution < 1.29 is 31.8 Å². The number of rotatable bonds is 9. The zero-order valence-electron chi connectivity index (χ0n) is 21.8. The first-order chi connectivity index (χ1) is 18.3. The largest absolute Gasteiger partial charge is 0.487 e. The number of aromatic nitrogens is 1. The van der Waals surface area contributed by atoms with Gasteiger partial charge in [-0.2, -0.15) is 4.31 Å². The number of sulfonamides is 1. The summed E-state index contributed by atoms with van der Waals surface area (Å²) in [5.41, 5.74) is 1.04. The molecule has 1 aliphatic rings. The molecule has 2 heterocycles. The van der Waals surface area contributed by atoms with Crippen LogP contribution >= 0.6 is 23.1 Å². The molecule has 1 N–H and O–H groups in total. The summed E-state index contributed by atoms with van der Waals surface area (Å²) in [5, 5.41) is 10.0. The number of carboxylic acids is 1. The van der Waals surface area contributed by atoms with Gasteiger partial charge in [0.2, 0.25) is 15.9 Å². The van der Waals surface area contributed by atoms with Gasteiger partial charge in [0, 0.05) is 37.8 Å². The topological polar surface area (TPSA) is 100 Å². The summed E-state index contributed by atoms with van der Waals surface area (Å²) in [6.45, 7) is 2.60. The highest BCUT2D eigenvalue weighted by atomic mass is 32.2. The molecule has 0 fully saturated rings. The summed E-state index contributed by atoms with van der Waals surface area (Å²) >= 11 is 2.54. The molecule has 2 aromatic carbocycles. The minimum Gasteiger partial charge on any atom is -0.487 e. The number of para-hydroxylation sites is 1. The average molecular weight is 598 g/mol. The van der Waals surface area contributed by atoms with Crippen LogP contribution in [0.2, 0.25) is 0 Å². The molecule has 4 rings (SSSR count). The van der Waals surface area contributed by atoms with Gasteiger partial charge >= 0.3 is 5.97 Å². The van der Waals surface area contributed by atoms with Crippen LogP contribution in [0.5, 0.6) is 5.75 Å². The predicted octanol–water partition coefficient (Wildman–Crippen LogP) is 6.03. The molecule has 0 bridgehead atoms. The van der Waals surface area contributed by atoms with Crippen LogP contribution in [0.1, 0.15) is 40.1 Å². The Labute approximate surface area is 234 Å². The first kappa shape index (κ1) is 29.2. The molecule has 210 valence electrons. The van der Waals surface area contributed by atoms with Crippen LogP contribution in [-0.4, -0.2) is 60.6 Å². The zero-order valence-corrected chi connectivity index (χ0v) is 24.3. The number of nitrogens with zero attached hydrogens (tertiary/aromatic N) is 3. The van der Waals surface area contributed by atoms with E-state index in [0.717, 1.165) is 16.9 Å². The maximum absolute atomic E-state index is 13.9. The number of anilines is 2. The van der Waals surface area contributed by atoms with E-state index in [4.69, 9.17) is 4.74 Å². The second-order valence-electron chi connectivity index (χ2n) is 9.30. The maximum Gasteiger partial charge on any atom is 0.355 e. The van der Waals surface area contributed by atoms with Gasteiger partial charge in [0.05, 0.1) is 20.5 Å². The van der Waals surface area contributed by atoms with Crippen molar-refractivity contribution in [2.45, 2.75) is 55.1 Å². The van der Waals surface area contributed by atoms with Crippen LogP contribution in [0.15, 0.2) is 52.3 Å². The quantitative estimate of drug-likeness (QED) is 0.299. The van der Waals surface area contributed by atoms with Crippen LogP contribution in [0.4, 0.5) is 20.2 Å². The van der Waals surface area contributed by atoms with E-state index in [0.29, 0.717) is 20.5 Å². The highest BCUT2D eigenvalue weighted by molar-refractivity contribution is 7.98. The normalized spacial score (nSPS) is 17.5. The minimum absolute atomic E-state index is 0.0219. The number of aryl methyl sites for hydroxylation is 1. The number of hydrogen-bond donors (Lipinski definition) is 1. The van der Waals surface area contributed by atoms with Gasteiger partial charge in [-0.1, -0.05) is 18.2 Å². The van der Waals surface area contributed by atoms with Crippen molar-refractivity contribution >= 4 is 50.5 Å². The van der Waals surface area contributed by atoms with Crippen LogP contribution in [0, 0.1) is 6.92 Å². The van der Waals surface area contributed by atoms with Crippen molar-refractivity contribution in [3.8, 4) is 5.75 Å². The van der Waals surface area contributed by atoms with E-state index in [1.165, 1.54) is 36.2 Å².